The van der Waals surface area contributed by atoms with Crippen LogP contribution in [0, 0.1) is 0 Å². The van der Waals surface area contributed by atoms with Crippen LogP contribution in [0.3, 0.4) is 0 Å². The van der Waals surface area contributed by atoms with E-state index >= 15 is 0 Å². The van der Waals surface area contributed by atoms with Crippen molar-refractivity contribution in [3.8, 4) is 0 Å². The molecule has 0 bridgehead atoms. The number of hydrazone groups is 1. The molecule has 0 saturated heterocycles. The molecule has 0 aliphatic carbocycles. The van der Waals surface area contributed by atoms with Gasteiger partial charge < -0.3 is 10.9 Å². The van der Waals surface area contributed by atoms with Crippen molar-refractivity contribution in [1.82, 2.24) is 0 Å². The summed E-state index contributed by atoms with van der Waals surface area (Å²) in [4.78, 5) is 0. The van der Waals surface area contributed by atoms with Gasteiger partial charge in [-0.2, -0.15) is 5.10 Å². The monoisotopic (exact) mass is 164 g/mol. The molecule has 0 radical (unpaired) electrons. The maximum atomic E-state index is 8.74. The smallest absolute Gasteiger partial charge is 0.0540 e. The number of rotatable bonds is 3. The van der Waals surface area contributed by atoms with Gasteiger partial charge in [0.25, 0.3) is 0 Å². The molecule has 0 heterocycles. The van der Waals surface area contributed by atoms with Crippen LogP contribution in [0.1, 0.15) is 11.1 Å². The van der Waals surface area contributed by atoms with E-state index in [-0.39, 0.29) is 6.61 Å². The Morgan fingerprint density at radius 3 is 2.83 bits per heavy atom. The van der Waals surface area contributed by atoms with E-state index in [0.29, 0.717) is 6.42 Å². The van der Waals surface area contributed by atoms with Crippen LogP contribution in [-0.2, 0) is 6.42 Å². The Morgan fingerprint density at radius 2 is 2.17 bits per heavy atom. The lowest BCUT2D eigenvalue weighted by atomic mass is 10.1. The predicted molar refractivity (Wildman–Crippen MR) is 49.0 cm³/mol. The molecule has 0 spiro atoms. The molecule has 0 aliphatic rings. The normalized spacial score (nSPS) is 10.8. The Morgan fingerprint density at radius 1 is 1.42 bits per heavy atom. The molecule has 12 heavy (non-hydrogen) atoms. The van der Waals surface area contributed by atoms with E-state index in [1.807, 2.05) is 24.3 Å². The lowest BCUT2D eigenvalue weighted by molar-refractivity contribution is 0.299. The van der Waals surface area contributed by atoms with Gasteiger partial charge in [-0.05, 0) is 17.5 Å². The minimum atomic E-state index is 0.148. The van der Waals surface area contributed by atoms with Gasteiger partial charge in [0.1, 0.15) is 0 Å². The van der Waals surface area contributed by atoms with E-state index in [1.165, 1.54) is 0 Å². The standard InChI is InChI=1S/C9H12N2O/c10-11-7-9-4-2-1-3-8(9)5-6-12/h1-4,7,12H,5-6,10H2. The number of hydrogen-bond acceptors (Lipinski definition) is 3. The highest BCUT2D eigenvalue weighted by atomic mass is 16.2. The first-order chi connectivity index (χ1) is 5.88. The highest BCUT2D eigenvalue weighted by molar-refractivity contribution is 5.81. The number of aliphatic hydroxyl groups excluding tert-OH is 1. The van der Waals surface area contributed by atoms with E-state index in [1.54, 1.807) is 6.21 Å². The first-order valence-electron chi connectivity index (χ1n) is 3.80. The molecule has 0 saturated carbocycles. The molecule has 0 fully saturated rings. The summed E-state index contributed by atoms with van der Waals surface area (Å²) in [7, 11) is 0. The summed E-state index contributed by atoms with van der Waals surface area (Å²) in [5, 5.41) is 12.2. The Bertz CT molecular complexity index is 271. The second-order valence-corrected chi connectivity index (χ2v) is 2.45. The van der Waals surface area contributed by atoms with Crippen molar-refractivity contribution in [2.75, 3.05) is 6.61 Å². The minimum absolute atomic E-state index is 0.148. The SMILES string of the molecule is NN=Cc1ccccc1CCO. The number of hydrogen-bond donors (Lipinski definition) is 2. The van der Waals surface area contributed by atoms with Crippen molar-refractivity contribution >= 4 is 6.21 Å². The fourth-order valence-corrected chi connectivity index (χ4v) is 1.09. The Hall–Kier alpha value is -1.35. The predicted octanol–water partition coefficient (Wildman–Crippen LogP) is 0.514. The summed E-state index contributed by atoms with van der Waals surface area (Å²) in [6.45, 7) is 0.148. The largest absolute Gasteiger partial charge is 0.396 e. The van der Waals surface area contributed by atoms with E-state index < -0.39 is 0 Å². The Kier molecular flexibility index (Phi) is 3.29. The maximum Gasteiger partial charge on any atom is 0.0540 e. The van der Waals surface area contributed by atoms with Crippen molar-refractivity contribution in [2.45, 2.75) is 6.42 Å². The average Bonchev–Trinajstić information content (AvgIpc) is 2.09. The first-order valence-corrected chi connectivity index (χ1v) is 3.80. The summed E-state index contributed by atoms with van der Waals surface area (Å²) >= 11 is 0. The fraction of sp³-hybridized carbons (Fsp3) is 0.222. The molecule has 0 aliphatic heterocycles. The Balaban J connectivity index is 2.91. The maximum absolute atomic E-state index is 8.74. The highest BCUT2D eigenvalue weighted by Crippen LogP contribution is 2.06. The average molecular weight is 164 g/mol. The molecule has 64 valence electrons. The van der Waals surface area contributed by atoms with Crippen LogP contribution in [0.4, 0.5) is 0 Å². The van der Waals surface area contributed by atoms with Crippen LogP contribution in [0.15, 0.2) is 29.4 Å². The molecule has 1 aromatic rings. The van der Waals surface area contributed by atoms with Gasteiger partial charge in [0.2, 0.25) is 0 Å². The van der Waals surface area contributed by atoms with Crippen molar-refractivity contribution in [1.29, 1.82) is 0 Å². The van der Waals surface area contributed by atoms with Crippen LogP contribution >= 0.6 is 0 Å². The second kappa shape index (κ2) is 4.51. The Labute approximate surface area is 71.5 Å². The number of aliphatic hydroxyl groups is 1. The zero-order valence-electron chi connectivity index (χ0n) is 6.77. The van der Waals surface area contributed by atoms with Crippen molar-refractivity contribution in [3.05, 3.63) is 35.4 Å². The molecule has 3 nitrogen and oxygen atoms in total. The first kappa shape index (κ1) is 8.74. The summed E-state index contributed by atoms with van der Waals surface area (Å²) in [6, 6.07) is 7.71. The molecule has 0 unspecified atom stereocenters. The molecular formula is C9H12N2O. The molecule has 0 aromatic heterocycles. The van der Waals surface area contributed by atoms with Crippen LogP contribution in [0.5, 0.6) is 0 Å². The fourth-order valence-electron chi connectivity index (χ4n) is 1.09. The zero-order chi connectivity index (χ0) is 8.81. The van der Waals surface area contributed by atoms with Gasteiger partial charge in [-0.1, -0.05) is 24.3 Å². The van der Waals surface area contributed by atoms with Crippen LogP contribution in [0.25, 0.3) is 0 Å². The number of nitrogens with two attached hydrogens (primary N) is 1. The van der Waals surface area contributed by atoms with E-state index in [2.05, 4.69) is 5.10 Å². The minimum Gasteiger partial charge on any atom is -0.396 e. The van der Waals surface area contributed by atoms with Gasteiger partial charge in [-0.15, -0.1) is 0 Å². The van der Waals surface area contributed by atoms with Crippen LogP contribution in [0.2, 0.25) is 0 Å². The van der Waals surface area contributed by atoms with E-state index in [0.717, 1.165) is 11.1 Å². The quantitative estimate of drug-likeness (QED) is 0.388. The summed E-state index contributed by atoms with van der Waals surface area (Å²) in [5.41, 5.74) is 2.03. The third-order valence-corrected chi connectivity index (χ3v) is 1.65. The molecular weight excluding hydrogens is 152 g/mol. The van der Waals surface area contributed by atoms with Gasteiger partial charge in [-0.25, -0.2) is 0 Å². The highest BCUT2D eigenvalue weighted by Gasteiger charge is 1.96. The number of nitrogens with zero attached hydrogens (tertiary/aromatic N) is 1. The van der Waals surface area contributed by atoms with Crippen molar-refractivity contribution < 1.29 is 5.11 Å². The third kappa shape index (κ3) is 2.07. The van der Waals surface area contributed by atoms with Gasteiger partial charge in [0.15, 0.2) is 0 Å². The lowest BCUT2D eigenvalue weighted by Crippen LogP contribution is -1.97. The van der Waals surface area contributed by atoms with E-state index in [4.69, 9.17) is 10.9 Å². The molecule has 0 atom stereocenters. The summed E-state index contributed by atoms with van der Waals surface area (Å²) in [5.74, 6) is 5.03. The molecule has 3 heteroatoms. The summed E-state index contributed by atoms with van der Waals surface area (Å²) < 4.78 is 0. The molecule has 1 aromatic carbocycles. The van der Waals surface area contributed by atoms with Gasteiger partial charge in [-0.3, -0.25) is 0 Å². The van der Waals surface area contributed by atoms with E-state index in [9.17, 15) is 0 Å². The van der Waals surface area contributed by atoms with Gasteiger partial charge >= 0.3 is 0 Å². The van der Waals surface area contributed by atoms with Crippen LogP contribution < -0.4 is 5.84 Å². The van der Waals surface area contributed by atoms with Gasteiger partial charge in [0.05, 0.1) is 6.21 Å². The zero-order valence-corrected chi connectivity index (χ0v) is 6.77. The van der Waals surface area contributed by atoms with Crippen molar-refractivity contribution in [2.24, 2.45) is 10.9 Å². The third-order valence-electron chi connectivity index (χ3n) is 1.65. The molecule has 1 rings (SSSR count). The van der Waals surface area contributed by atoms with Crippen molar-refractivity contribution in [3.63, 3.8) is 0 Å². The van der Waals surface area contributed by atoms with Crippen LogP contribution in [-0.4, -0.2) is 17.9 Å². The molecule has 0 amide bonds. The lowest BCUT2D eigenvalue weighted by Gasteiger charge is -2.01. The topological polar surface area (TPSA) is 58.6 Å². The second-order valence-electron chi connectivity index (χ2n) is 2.45. The molecule has 3 N–H and O–H groups in total. The van der Waals surface area contributed by atoms with Gasteiger partial charge in [0, 0.05) is 6.61 Å². The summed E-state index contributed by atoms with van der Waals surface area (Å²) in [6.07, 6.45) is 2.23. The number of benzene rings is 1.